The van der Waals surface area contributed by atoms with E-state index < -0.39 is 0 Å². The van der Waals surface area contributed by atoms with Crippen molar-refractivity contribution in [3.8, 4) is 0 Å². The van der Waals surface area contributed by atoms with Gasteiger partial charge in [0.1, 0.15) is 0 Å². The summed E-state index contributed by atoms with van der Waals surface area (Å²) in [6.07, 6.45) is 5.83. The van der Waals surface area contributed by atoms with E-state index in [4.69, 9.17) is 0 Å². The first-order valence-corrected chi connectivity index (χ1v) is 4.51. The zero-order chi connectivity index (χ0) is 7.03. The highest BCUT2D eigenvalue weighted by Gasteiger charge is 2.38. The first-order chi connectivity index (χ1) is 4.79. The van der Waals surface area contributed by atoms with Crippen LogP contribution in [0.15, 0.2) is 0 Å². The molecule has 2 fully saturated rings. The van der Waals surface area contributed by atoms with Crippen LogP contribution in [0.3, 0.4) is 0 Å². The molecule has 0 amide bonds. The average molecular weight is 156 g/mol. The van der Waals surface area contributed by atoms with Gasteiger partial charge in [-0.1, -0.05) is 6.92 Å². The van der Waals surface area contributed by atoms with Crippen molar-refractivity contribution < 1.29 is 0 Å². The molecule has 1 aliphatic carbocycles. The van der Waals surface area contributed by atoms with Crippen LogP contribution in [0.1, 0.15) is 32.6 Å². The standard InChI is InChI=1S/C9H17N.H3N/c1-9(4-5-9)8-10-6-2-3-7-10;/h2-8H2,1H3;1H3. The molecule has 3 N–H and O–H groups in total. The summed E-state index contributed by atoms with van der Waals surface area (Å²) in [6.45, 7) is 6.55. The molecule has 1 saturated heterocycles. The molecular formula is C9H20N2. The lowest BCUT2D eigenvalue weighted by Gasteiger charge is -2.18. The molecule has 2 aliphatic rings. The highest BCUT2D eigenvalue weighted by Crippen LogP contribution is 2.45. The van der Waals surface area contributed by atoms with Crippen molar-refractivity contribution >= 4 is 0 Å². The minimum absolute atomic E-state index is 0. The molecule has 1 heterocycles. The van der Waals surface area contributed by atoms with Gasteiger partial charge in [0, 0.05) is 6.54 Å². The third-order valence-corrected chi connectivity index (χ3v) is 2.91. The van der Waals surface area contributed by atoms with Crippen molar-refractivity contribution in [1.29, 1.82) is 0 Å². The Morgan fingerprint density at radius 1 is 1.18 bits per heavy atom. The number of nitrogens with zero attached hydrogens (tertiary/aromatic N) is 1. The number of likely N-dealkylation sites (tertiary alicyclic amines) is 1. The highest BCUT2D eigenvalue weighted by molar-refractivity contribution is 4.91. The van der Waals surface area contributed by atoms with E-state index >= 15 is 0 Å². The van der Waals surface area contributed by atoms with E-state index in [2.05, 4.69) is 11.8 Å². The molecule has 0 aromatic carbocycles. The summed E-state index contributed by atoms with van der Waals surface area (Å²) in [6, 6.07) is 0. The van der Waals surface area contributed by atoms with Crippen LogP contribution in [0, 0.1) is 5.41 Å². The van der Waals surface area contributed by atoms with Crippen molar-refractivity contribution in [3.05, 3.63) is 0 Å². The Kier molecular flexibility index (Phi) is 2.55. The van der Waals surface area contributed by atoms with Crippen LogP contribution < -0.4 is 6.15 Å². The predicted octanol–water partition coefficient (Wildman–Crippen LogP) is 2.04. The summed E-state index contributed by atoms with van der Waals surface area (Å²) in [5.74, 6) is 0. The molecule has 2 heteroatoms. The summed E-state index contributed by atoms with van der Waals surface area (Å²) in [7, 11) is 0. The molecule has 0 radical (unpaired) electrons. The molecule has 1 aliphatic heterocycles. The Labute approximate surface area is 69.5 Å². The zero-order valence-corrected chi connectivity index (χ0v) is 7.60. The van der Waals surface area contributed by atoms with E-state index in [-0.39, 0.29) is 6.15 Å². The molecule has 11 heavy (non-hydrogen) atoms. The second kappa shape index (κ2) is 3.11. The van der Waals surface area contributed by atoms with E-state index in [0.717, 1.165) is 5.41 Å². The fourth-order valence-electron chi connectivity index (χ4n) is 1.85. The molecule has 1 saturated carbocycles. The van der Waals surface area contributed by atoms with Gasteiger partial charge < -0.3 is 11.1 Å². The molecule has 0 spiro atoms. The van der Waals surface area contributed by atoms with Gasteiger partial charge in [-0.25, -0.2) is 0 Å². The van der Waals surface area contributed by atoms with Gasteiger partial charge in [0.2, 0.25) is 0 Å². The van der Waals surface area contributed by atoms with Crippen LogP contribution in [0.25, 0.3) is 0 Å². The normalized spacial score (nSPS) is 28.1. The molecule has 2 rings (SSSR count). The topological polar surface area (TPSA) is 38.2 Å². The Hall–Kier alpha value is -0.0800. The average Bonchev–Trinajstić information content (AvgIpc) is 2.47. The number of hydrogen-bond acceptors (Lipinski definition) is 2. The maximum atomic E-state index is 2.63. The van der Waals surface area contributed by atoms with Crippen molar-refractivity contribution in [2.75, 3.05) is 19.6 Å². The second-order valence-corrected chi connectivity index (χ2v) is 4.29. The minimum Gasteiger partial charge on any atom is -0.344 e. The lowest BCUT2D eigenvalue weighted by Crippen LogP contribution is -2.25. The van der Waals surface area contributed by atoms with Gasteiger partial charge in [0.15, 0.2) is 0 Å². The molecule has 0 unspecified atom stereocenters. The molecule has 0 aromatic heterocycles. The van der Waals surface area contributed by atoms with Crippen LogP contribution >= 0.6 is 0 Å². The molecule has 2 nitrogen and oxygen atoms in total. The van der Waals surface area contributed by atoms with Gasteiger partial charge in [0.05, 0.1) is 0 Å². The summed E-state index contributed by atoms with van der Waals surface area (Å²) in [4.78, 5) is 2.63. The lowest BCUT2D eigenvalue weighted by molar-refractivity contribution is 0.276. The fourth-order valence-corrected chi connectivity index (χ4v) is 1.85. The highest BCUT2D eigenvalue weighted by atomic mass is 15.1. The second-order valence-electron chi connectivity index (χ2n) is 4.29. The first-order valence-electron chi connectivity index (χ1n) is 4.51. The Morgan fingerprint density at radius 3 is 2.18 bits per heavy atom. The monoisotopic (exact) mass is 156 g/mol. The van der Waals surface area contributed by atoms with Crippen molar-refractivity contribution in [1.82, 2.24) is 11.1 Å². The van der Waals surface area contributed by atoms with Gasteiger partial charge >= 0.3 is 0 Å². The Balaban J connectivity index is 0.000000605. The summed E-state index contributed by atoms with van der Waals surface area (Å²) < 4.78 is 0. The SMILES string of the molecule is CC1(CN2CCCC2)CC1.N. The summed E-state index contributed by atoms with van der Waals surface area (Å²) in [5, 5.41) is 0. The Bertz CT molecular complexity index is 124. The van der Waals surface area contributed by atoms with E-state index in [9.17, 15) is 0 Å². The molecule has 0 atom stereocenters. The fraction of sp³-hybridized carbons (Fsp3) is 1.00. The van der Waals surface area contributed by atoms with Crippen molar-refractivity contribution in [2.24, 2.45) is 5.41 Å². The quantitative estimate of drug-likeness (QED) is 0.664. The molecule has 0 aromatic rings. The van der Waals surface area contributed by atoms with Crippen LogP contribution in [0.5, 0.6) is 0 Å². The molecular weight excluding hydrogens is 136 g/mol. The first kappa shape index (κ1) is 9.01. The molecule has 0 bridgehead atoms. The largest absolute Gasteiger partial charge is 0.344 e. The van der Waals surface area contributed by atoms with E-state index in [1.54, 1.807) is 0 Å². The van der Waals surface area contributed by atoms with Gasteiger partial charge in [-0.3, -0.25) is 0 Å². The van der Waals surface area contributed by atoms with Gasteiger partial charge in [-0.05, 0) is 44.2 Å². The van der Waals surface area contributed by atoms with Crippen molar-refractivity contribution in [3.63, 3.8) is 0 Å². The number of hydrogen-bond donors (Lipinski definition) is 1. The third-order valence-electron chi connectivity index (χ3n) is 2.91. The Morgan fingerprint density at radius 2 is 1.73 bits per heavy atom. The maximum Gasteiger partial charge on any atom is 0.00353 e. The van der Waals surface area contributed by atoms with E-state index in [1.165, 1.54) is 45.3 Å². The minimum atomic E-state index is 0. The smallest absolute Gasteiger partial charge is 0.00353 e. The number of rotatable bonds is 2. The van der Waals surface area contributed by atoms with Gasteiger partial charge in [-0.15, -0.1) is 0 Å². The maximum absolute atomic E-state index is 2.63. The summed E-state index contributed by atoms with van der Waals surface area (Å²) in [5.41, 5.74) is 0.740. The van der Waals surface area contributed by atoms with E-state index in [1.807, 2.05) is 0 Å². The summed E-state index contributed by atoms with van der Waals surface area (Å²) >= 11 is 0. The van der Waals surface area contributed by atoms with Crippen LogP contribution in [-0.4, -0.2) is 24.5 Å². The molecule has 66 valence electrons. The van der Waals surface area contributed by atoms with E-state index in [0.29, 0.717) is 0 Å². The van der Waals surface area contributed by atoms with Crippen molar-refractivity contribution in [2.45, 2.75) is 32.6 Å². The van der Waals surface area contributed by atoms with Crippen LogP contribution in [-0.2, 0) is 0 Å². The lowest BCUT2D eigenvalue weighted by atomic mass is 10.1. The zero-order valence-electron chi connectivity index (χ0n) is 7.60. The predicted molar refractivity (Wildman–Crippen MR) is 48.0 cm³/mol. The van der Waals surface area contributed by atoms with Gasteiger partial charge in [0.25, 0.3) is 0 Å². The third kappa shape index (κ3) is 2.17. The van der Waals surface area contributed by atoms with Gasteiger partial charge in [-0.2, -0.15) is 0 Å². The van der Waals surface area contributed by atoms with Crippen LogP contribution in [0.4, 0.5) is 0 Å². The van der Waals surface area contributed by atoms with Crippen LogP contribution in [0.2, 0.25) is 0 Å².